The first kappa shape index (κ1) is 13.5. The van der Waals surface area contributed by atoms with Crippen molar-refractivity contribution in [2.75, 3.05) is 0 Å². The highest BCUT2D eigenvalue weighted by Gasteiger charge is 2.25. The molecule has 0 unspecified atom stereocenters. The Labute approximate surface area is 108 Å². The van der Waals surface area contributed by atoms with Crippen molar-refractivity contribution in [3.05, 3.63) is 29.3 Å². The van der Waals surface area contributed by atoms with Crippen LogP contribution in [0.3, 0.4) is 0 Å². The molecule has 4 nitrogen and oxygen atoms in total. The molecule has 0 bridgehead atoms. The smallest absolute Gasteiger partial charge is 0.238 e. The molecule has 0 radical (unpaired) electrons. The lowest BCUT2D eigenvalue weighted by Crippen LogP contribution is -2.21. The highest BCUT2D eigenvalue weighted by Crippen LogP contribution is 2.36. The predicted molar refractivity (Wildman–Crippen MR) is 69.8 cm³/mol. The van der Waals surface area contributed by atoms with Gasteiger partial charge in [-0.3, -0.25) is 0 Å². The Hall–Kier alpha value is -0.910. The first-order valence-corrected chi connectivity index (χ1v) is 7.74. The van der Waals surface area contributed by atoms with Crippen LogP contribution in [-0.4, -0.2) is 19.6 Å². The van der Waals surface area contributed by atoms with Gasteiger partial charge in [-0.2, -0.15) is 0 Å². The minimum atomic E-state index is -3.68. The lowest BCUT2D eigenvalue weighted by atomic mass is 9.82. The number of aryl methyl sites for hydroxylation is 1. The number of hydrogen-bond acceptors (Lipinski definition) is 3. The van der Waals surface area contributed by atoms with E-state index in [4.69, 9.17) is 5.14 Å². The minimum absolute atomic E-state index is 0.182. The summed E-state index contributed by atoms with van der Waals surface area (Å²) in [4.78, 5) is 0.231. The van der Waals surface area contributed by atoms with Crippen LogP contribution in [0.2, 0.25) is 0 Å². The van der Waals surface area contributed by atoms with Gasteiger partial charge in [-0.1, -0.05) is 17.7 Å². The fraction of sp³-hybridized carbons (Fsp3) is 0.538. The summed E-state index contributed by atoms with van der Waals surface area (Å²) in [5, 5.41) is 14.8. The molecule has 1 aliphatic rings. The topological polar surface area (TPSA) is 80.4 Å². The van der Waals surface area contributed by atoms with Gasteiger partial charge >= 0.3 is 0 Å². The van der Waals surface area contributed by atoms with Gasteiger partial charge in [0.2, 0.25) is 10.0 Å². The standard InChI is InChI=1S/C13H19NO3S/c1-9-2-7-13(18(14,16)17)12(8-9)10-3-5-11(15)6-4-10/h2,7-8,10-11,15H,3-6H2,1H3,(H2,14,16,17). The average Bonchev–Trinajstić information content (AvgIpc) is 2.28. The fourth-order valence-electron chi connectivity index (χ4n) is 2.63. The number of sulfonamides is 1. The number of hydrogen-bond donors (Lipinski definition) is 2. The van der Waals surface area contributed by atoms with Gasteiger partial charge in [-0.05, 0) is 50.2 Å². The normalized spacial score (nSPS) is 25.1. The second kappa shape index (κ2) is 4.99. The van der Waals surface area contributed by atoms with E-state index in [9.17, 15) is 13.5 Å². The number of benzene rings is 1. The van der Waals surface area contributed by atoms with Gasteiger partial charge in [0.05, 0.1) is 11.0 Å². The van der Waals surface area contributed by atoms with Crippen molar-refractivity contribution < 1.29 is 13.5 Å². The molecule has 1 aromatic rings. The maximum absolute atomic E-state index is 11.6. The molecule has 2 rings (SSSR count). The summed E-state index contributed by atoms with van der Waals surface area (Å²) < 4.78 is 23.2. The Kier molecular flexibility index (Phi) is 3.75. The Morgan fingerprint density at radius 2 is 1.83 bits per heavy atom. The first-order chi connectivity index (χ1) is 8.38. The zero-order valence-electron chi connectivity index (χ0n) is 10.5. The number of aliphatic hydroxyl groups is 1. The van der Waals surface area contributed by atoms with Crippen molar-refractivity contribution in [1.82, 2.24) is 0 Å². The van der Waals surface area contributed by atoms with Crippen LogP contribution in [0.4, 0.5) is 0 Å². The van der Waals surface area contributed by atoms with Crippen molar-refractivity contribution >= 4 is 10.0 Å². The van der Waals surface area contributed by atoms with Gasteiger partial charge in [0.25, 0.3) is 0 Å². The minimum Gasteiger partial charge on any atom is -0.393 e. The van der Waals surface area contributed by atoms with Gasteiger partial charge in [0, 0.05) is 0 Å². The third-order valence-electron chi connectivity index (χ3n) is 3.61. The van der Waals surface area contributed by atoms with E-state index in [0.29, 0.717) is 0 Å². The van der Waals surface area contributed by atoms with Crippen LogP contribution in [0.15, 0.2) is 23.1 Å². The lowest BCUT2D eigenvalue weighted by molar-refractivity contribution is 0.122. The van der Waals surface area contributed by atoms with Crippen LogP contribution in [-0.2, 0) is 10.0 Å². The van der Waals surface area contributed by atoms with E-state index in [0.717, 1.165) is 36.8 Å². The van der Waals surface area contributed by atoms with Crippen molar-refractivity contribution in [1.29, 1.82) is 0 Å². The number of primary sulfonamides is 1. The second-order valence-electron chi connectivity index (χ2n) is 5.09. The van der Waals surface area contributed by atoms with E-state index < -0.39 is 10.0 Å². The van der Waals surface area contributed by atoms with E-state index in [2.05, 4.69) is 0 Å². The molecule has 1 aromatic carbocycles. The molecule has 5 heteroatoms. The van der Waals surface area contributed by atoms with Crippen molar-refractivity contribution in [3.63, 3.8) is 0 Å². The second-order valence-corrected chi connectivity index (χ2v) is 6.62. The summed E-state index contributed by atoms with van der Waals surface area (Å²) in [7, 11) is -3.68. The highest BCUT2D eigenvalue weighted by molar-refractivity contribution is 7.89. The molecule has 0 saturated heterocycles. The lowest BCUT2D eigenvalue weighted by Gasteiger charge is -2.27. The maximum Gasteiger partial charge on any atom is 0.238 e. The van der Waals surface area contributed by atoms with Crippen LogP contribution in [0.25, 0.3) is 0 Å². The molecule has 1 saturated carbocycles. The van der Waals surface area contributed by atoms with Crippen molar-refractivity contribution in [3.8, 4) is 0 Å². The van der Waals surface area contributed by atoms with Crippen LogP contribution in [0.5, 0.6) is 0 Å². The summed E-state index contributed by atoms with van der Waals surface area (Å²) >= 11 is 0. The molecular weight excluding hydrogens is 250 g/mol. The predicted octanol–water partition coefficient (Wildman–Crippen LogP) is 1.66. The molecule has 100 valence electrons. The zero-order chi connectivity index (χ0) is 13.3. The molecule has 3 N–H and O–H groups in total. The summed E-state index contributed by atoms with van der Waals surface area (Å²) in [6.45, 7) is 1.94. The Bertz CT molecular complexity index is 531. The molecule has 0 heterocycles. The van der Waals surface area contributed by atoms with E-state index >= 15 is 0 Å². The van der Waals surface area contributed by atoms with Gasteiger partial charge in [-0.25, -0.2) is 13.6 Å². The van der Waals surface area contributed by atoms with Gasteiger partial charge in [0.1, 0.15) is 0 Å². The number of aliphatic hydroxyl groups excluding tert-OH is 1. The van der Waals surface area contributed by atoms with Gasteiger partial charge in [0.15, 0.2) is 0 Å². The van der Waals surface area contributed by atoms with Gasteiger partial charge in [-0.15, -0.1) is 0 Å². The van der Waals surface area contributed by atoms with Crippen LogP contribution in [0, 0.1) is 6.92 Å². The zero-order valence-corrected chi connectivity index (χ0v) is 11.3. The Morgan fingerprint density at radius 1 is 1.22 bits per heavy atom. The van der Waals surface area contributed by atoms with E-state index in [1.807, 2.05) is 13.0 Å². The van der Waals surface area contributed by atoms with Crippen LogP contribution >= 0.6 is 0 Å². The fourth-order valence-corrected chi connectivity index (χ4v) is 3.44. The molecule has 1 aliphatic carbocycles. The Morgan fingerprint density at radius 3 is 2.39 bits per heavy atom. The first-order valence-electron chi connectivity index (χ1n) is 6.19. The Balaban J connectivity index is 2.40. The molecule has 0 aromatic heterocycles. The maximum atomic E-state index is 11.6. The van der Waals surface area contributed by atoms with Gasteiger partial charge < -0.3 is 5.11 Å². The van der Waals surface area contributed by atoms with Crippen molar-refractivity contribution in [2.45, 2.75) is 49.5 Å². The third-order valence-corrected chi connectivity index (χ3v) is 4.59. The summed E-state index contributed by atoms with van der Waals surface area (Å²) in [6.07, 6.45) is 2.83. The third kappa shape index (κ3) is 2.91. The summed E-state index contributed by atoms with van der Waals surface area (Å²) in [5.74, 6) is 0.182. The molecule has 0 spiro atoms. The average molecular weight is 269 g/mol. The summed E-state index contributed by atoms with van der Waals surface area (Å²) in [6, 6.07) is 5.26. The van der Waals surface area contributed by atoms with Crippen LogP contribution < -0.4 is 5.14 Å². The SMILES string of the molecule is Cc1ccc(S(N)(=O)=O)c(C2CCC(O)CC2)c1. The molecule has 1 fully saturated rings. The number of rotatable bonds is 2. The van der Waals surface area contributed by atoms with E-state index in [1.54, 1.807) is 12.1 Å². The molecular formula is C13H19NO3S. The molecule has 0 amide bonds. The monoisotopic (exact) mass is 269 g/mol. The molecule has 0 aliphatic heterocycles. The number of nitrogens with two attached hydrogens (primary N) is 1. The van der Waals surface area contributed by atoms with Crippen LogP contribution in [0.1, 0.15) is 42.7 Å². The quantitative estimate of drug-likeness (QED) is 0.856. The summed E-state index contributed by atoms with van der Waals surface area (Å²) in [5.41, 5.74) is 1.84. The van der Waals surface area contributed by atoms with E-state index in [-0.39, 0.29) is 16.9 Å². The van der Waals surface area contributed by atoms with E-state index in [1.165, 1.54) is 0 Å². The highest BCUT2D eigenvalue weighted by atomic mass is 32.2. The largest absolute Gasteiger partial charge is 0.393 e. The molecule has 18 heavy (non-hydrogen) atoms. The molecule has 0 atom stereocenters. The van der Waals surface area contributed by atoms with Crippen molar-refractivity contribution in [2.24, 2.45) is 5.14 Å².